The molecule has 0 radical (unpaired) electrons. The van der Waals surface area contributed by atoms with Crippen LogP contribution in [-0.2, 0) is 9.53 Å². The molecule has 102 valence electrons. The summed E-state index contributed by atoms with van der Waals surface area (Å²) in [6.45, 7) is 1.36. The molecule has 0 unspecified atom stereocenters. The number of hydrogen-bond donors (Lipinski definition) is 2. The summed E-state index contributed by atoms with van der Waals surface area (Å²) in [5.74, 6) is 0.398. The Labute approximate surface area is 112 Å². The van der Waals surface area contributed by atoms with E-state index in [9.17, 15) is 4.79 Å². The fourth-order valence-corrected chi connectivity index (χ4v) is 0.856. The summed E-state index contributed by atoms with van der Waals surface area (Å²) >= 11 is 0. The van der Waals surface area contributed by atoms with Gasteiger partial charge in [-0.3, -0.25) is 4.79 Å². The van der Waals surface area contributed by atoms with E-state index < -0.39 is 0 Å². The predicted molar refractivity (Wildman–Crippen MR) is 73.9 cm³/mol. The Morgan fingerprint density at radius 2 is 1.11 bits per heavy atom. The molecule has 4 nitrogen and oxygen atoms in total. The van der Waals surface area contributed by atoms with Gasteiger partial charge in [0.1, 0.15) is 11.5 Å². The van der Waals surface area contributed by atoms with E-state index in [0.29, 0.717) is 11.5 Å². The van der Waals surface area contributed by atoms with Crippen molar-refractivity contribution in [2.24, 2.45) is 0 Å². The smallest absolute Gasteiger partial charge is 0.302 e. The molecular formula is C15H18O4. The van der Waals surface area contributed by atoms with Crippen LogP contribution < -0.4 is 0 Å². The van der Waals surface area contributed by atoms with Crippen LogP contribution in [0.25, 0.3) is 0 Å². The summed E-state index contributed by atoms with van der Waals surface area (Å²) in [6, 6.07) is 17.4. The maximum atomic E-state index is 9.59. The highest BCUT2D eigenvalue weighted by atomic mass is 16.5. The molecular weight excluding hydrogens is 244 g/mol. The zero-order valence-electron chi connectivity index (χ0n) is 11.0. The van der Waals surface area contributed by atoms with Crippen LogP contribution >= 0.6 is 0 Å². The van der Waals surface area contributed by atoms with E-state index in [0.717, 1.165) is 0 Å². The average Bonchev–Trinajstić information content (AvgIpc) is 2.42. The largest absolute Gasteiger partial charge is 0.508 e. The number of esters is 1. The lowest BCUT2D eigenvalue weighted by molar-refractivity contribution is -0.137. The number of rotatable bonds is 0. The third-order valence-corrected chi connectivity index (χ3v) is 1.80. The second-order valence-electron chi connectivity index (χ2n) is 3.37. The van der Waals surface area contributed by atoms with Gasteiger partial charge in [-0.2, -0.15) is 0 Å². The number of benzene rings is 2. The van der Waals surface area contributed by atoms with Crippen LogP contribution in [0.2, 0.25) is 0 Å². The first-order chi connectivity index (χ1) is 9.06. The Morgan fingerprint density at radius 3 is 1.21 bits per heavy atom. The van der Waals surface area contributed by atoms with Crippen LogP contribution in [0.4, 0.5) is 0 Å². The van der Waals surface area contributed by atoms with Crippen LogP contribution in [-0.4, -0.2) is 23.3 Å². The van der Waals surface area contributed by atoms with Gasteiger partial charge >= 0.3 is 5.97 Å². The lowest BCUT2D eigenvalue weighted by Crippen LogP contribution is -1.88. The molecule has 2 aromatic rings. The van der Waals surface area contributed by atoms with Crippen LogP contribution in [0.3, 0.4) is 0 Å². The van der Waals surface area contributed by atoms with Gasteiger partial charge in [-0.1, -0.05) is 36.4 Å². The fraction of sp³-hybridized carbons (Fsp3) is 0.133. The van der Waals surface area contributed by atoms with Gasteiger partial charge in [-0.15, -0.1) is 0 Å². The van der Waals surface area contributed by atoms with Gasteiger partial charge in [0.25, 0.3) is 0 Å². The summed E-state index contributed by atoms with van der Waals surface area (Å²) < 4.78 is 4.11. The second kappa shape index (κ2) is 10.7. The van der Waals surface area contributed by atoms with Gasteiger partial charge < -0.3 is 14.9 Å². The molecule has 0 saturated carbocycles. The SMILES string of the molecule is COC(C)=O.Oc1ccccc1.Oc1ccccc1. The summed E-state index contributed by atoms with van der Waals surface area (Å²) in [7, 11) is 1.35. The fourth-order valence-electron chi connectivity index (χ4n) is 0.856. The number of phenols is 2. The molecule has 19 heavy (non-hydrogen) atoms. The molecule has 0 amide bonds. The van der Waals surface area contributed by atoms with E-state index in [1.54, 1.807) is 48.5 Å². The molecule has 2 rings (SSSR count). The summed E-state index contributed by atoms with van der Waals surface area (Å²) in [5.41, 5.74) is 0. The minimum Gasteiger partial charge on any atom is -0.508 e. The van der Waals surface area contributed by atoms with Crippen LogP contribution in [0.5, 0.6) is 11.5 Å². The monoisotopic (exact) mass is 262 g/mol. The van der Waals surface area contributed by atoms with Crippen LogP contribution in [0.1, 0.15) is 6.92 Å². The van der Waals surface area contributed by atoms with Gasteiger partial charge in [0.05, 0.1) is 7.11 Å². The van der Waals surface area contributed by atoms with E-state index >= 15 is 0 Å². The first kappa shape index (κ1) is 16.5. The van der Waals surface area contributed by atoms with Crippen LogP contribution in [0.15, 0.2) is 60.7 Å². The van der Waals surface area contributed by atoms with Gasteiger partial charge in [-0.05, 0) is 24.3 Å². The molecule has 0 aliphatic rings. The van der Waals surface area contributed by atoms with Gasteiger partial charge in [0.15, 0.2) is 0 Å². The van der Waals surface area contributed by atoms with Crippen molar-refractivity contribution in [3.8, 4) is 11.5 Å². The van der Waals surface area contributed by atoms with E-state index in [-0.39, 0.29) is 5.97 Å². The van der Waals surface area contributed by atoms with Crippen molar-refractivity contribution < 1.29 is 19.7 Å². The Balaban J connectivity index is 0.000000261. The zero-order valence-corrected chi connectivity index (χ0v) is 11.0. The quantitative estimate of drug-likeness (QED) is 0.716. The minimum absolute atomic E-state index is 0.245. The maximum Gasteiger partial charge on any atom is 0.302 e. The molecule has 0 fully saturated rings. The minimum atomic E-state index is -0.245. The number of hydrogen-bond acceptors (Lipinski definition) is 4. The van der Waals surface area contributed by atoms with E-state index in [2.05, 4.69) is 4.74 Å². The molecule has 0 aliphatic heterocycles. The number of carbonyl (C=O) groups excluding carboxylic acids is 1. The molecule has 2 N–H and O–H groups in total. The van der Waals surface area contributed by atoms with Crippen LogP contribution in [0, 0.1) is 0 Å². The van der Waals surface area contributed by atoms with Gasteiger partial charge in [0.2, 0.25) is 0 Å². The zero-order chi connectivity index (χ0) is 14.5. The number of phenolic OH excluding ortho intramolecular Hbond substituents is 2. The van der Waals surface area contributed by atoms with Crippen molar-refractivity contribution >= 4 is 5.97 Å². The van der Waals surface area contributed by atoms with Crippen molar-refractivity contribution in [3.05, 3.63) is 60.7 Å². The predicted octanol–water partition coefficient (Wildman–Crippen LogP) is 2.96. The standard InChI is InChI=1S/2C6H6O.C3H6O2/c2*7-6-4-2-1-3-5-6;1-3(4)5-2/h2*1-5,7H;1-2H3. The molecule has 0 spiro atoms. The first-order valence-electron chi connectivity index (χ1n) is 5.59. The van der Waals surface area contributed by atoms with E-state index in [1.807, 2.05) is 12.1 Å². The molecule has 4 heteroatoms. The molecule has 0 saturated heterocycles. The summed E-state index contributed by atoms with van der Waals surface area (Å²) in [6.07, 6.45) is 0. The van der Waals surface area contributed by atoms with Crippen molar-refractivity contribution in [1.29, 1.82) is 0 Å². The highest BCUT2D eigenvalue weighted by Crippen LogP contribution is 2.03. The summed E-state index contributed by atoms with van der Waals surface area (Å²) in [4.78, 5) is 9.59. The van der Waals surface area contributed by atoms with E-state index in [4.69, 9.17) is 10.2 Å². The van der Waals surface area contributed by atoms with Gasteiger partial charge in [-0.25, -0.2) is 0 Å². The van der Waals surface area contributed by atoms with Crippen molar-refractivity contribution in [2.75, 3.05) is 7.11 Å². The highest BCUT2D eigenvalue weighted by molar-refractivity contribution is 5.65. The van der Waals surface area contributed by atoms with Gasteiger partial charge in [0, 0.05) is 6.92 Å². The molecule has 0 atom stereocenters. The van der Waals surface area contributed by atoms with Crippen molar-refractivity contribution in [2.45, 2.75) is 6.92 Å². The molecule has 2 aromatic carbocycles. The number of ether oxygens (including phenoxy) is 1. The highest BCUT2D eigenvalue weighted by Gasteiger charge is 1.76. The molecule has 0 heterocycles. The van der Waals surface area contributed by atoms with E-state index in [1.165, 1.54) is 14.0 Å². The third-order valence-electron chi connectivity index (χ3n) is 1.80. The molecule has 0 aromatic heterocycles. The average molecular weight is 262 g/mol. The second-order valence-corrected chi connectivity index (χ2v) is 3.37. The number of methoxy groups -OCH3 is 1. The molecule has 0 aliphatic carbocycles. The summed E-state index contributed by atoms with van der Waals surface area (Å²) in [5, 5.41) is 17.3. The first-order valence-corrected chi connectivity index (χ1v) is 5.59. The lowest BCUT2D eigenvalue weighted by Gasteiger charge is -1.82. The Bertz CT molecular complexity index is 403. The van der Waals surface area contributed by atoms with Crippen molar-refractivity contribution in [1.82, 2.24) is 0 Å². The number of aromatic hydroxyl groups is 2. The molecule has 0 bridgehead atoms. The number of para-hydroxylation sites is 2. The number of carbonyl (C=O) groups is 1. The Kier molecular flexibility index (Phi) is 9.25. The topological polar surface area (TPSA) is 66.8 Å². The lowest BCUT2D eigenvalue weighted by atomic mass is 10.3. The normalized spacial score (nSPS) is 8.11. The van der Waals surface area contributed by atoms with Crippen molar-refractivity contribution in [3.63, 3.8) is 0 Å². The third kappa shape index (κ3) is 11.8. The maximum absolute atomic E-state index is 9.59. The Hall–Kier alpha value is -2.49. The Morgan fingerprint density at radius 1 is 0.842 bits per heavy atom.